The molecule has 0 spiro atoms. The predicted molar refractivity (Wildman–Crippen MR) is 248 cm³/mol. The van der Waals surface area contributed by atoms with Gasteiger partial charge in [-0.15, -0.1) is 0 Å². The first-order chi connectivity index (χ1) is 28.4. The first-order valence-corrected chi connectivity index (χ1v) is 25.9. The van der Waals surface area contributed by atoms with Crippen LogP contribution in [-0.2, 0) is 49.2 Å². The average molecular weight is 851 g/mol. The van der Waals surface area contributed by atoms with E-state index in [1.54, 1.807) is 0 Å². The average Bonchev–Trinajstić information content (AvgIpc) is 3.20. The molecule has 0 unspecified atom stereocenters. The SMILES string of the molecule is CC(C)[Si](O[C@@H]1C=C(c2c(COCc3ccccc3)cc(OCc3ccccc3)cc2OCc2ccccc2)O[C@@H]2CO[Si](C(C)(C)C)(C(C)(C)C)O[C@@H]12)(C(C)C)C(C)C. The maximum Gasteiger partial charge on any atom is 0.349 e. The predicted octanol–water partition coefficient (Wildman–Crippen LogP) is 13.3. The lowest BCUT2D eigenvalue weighted by Crippen LogP contribution is -2.68. The lowest BCUT2D eigenvalue weighted by Gasteiger charge is -2.57. The third kappa shape index (κ3) is 9.98. The molecule has 0 amide bonds. The summed E-state index contributed by atoms with van der Waals surface area (Å²) in [6.07, 6.45) is 1.05. The van der Waals surface area contributed by atoms with Gasteiger partial charge in [-0.3, -0.25) is 0 Å². The Kier molecular flexibility index (Phi) is 14.6. The minimum atomic E-state index is -2.90. The highest BCUT2D eigenvalue weighted by Crippen LogP contribution is 2.56. The van der Waals surface area contributed by atoms with E-state index < -0.39 is 23.0 Å². The summed E-state index contributed by atoms with van der Waals surface area (Å²) < 4.78 is 49.5. The molecule has 2 heterocycles. The Morgan fingerprint density at radius 2 is 1.15 bits per heavy atom. The zero-order valence-electron chi connectivity index (χ0n) is 38.2. The maximum atomic E-state index is 7.79. The number of hydrogen-bond donors (Lipinski definition) is 0. The van der Waals surface area contributed by atoms with E-state index in [9.17, 15) is 0 Å². The Morgan fingerprint density at radius 3 is 1.65 bits per heavy atom. The van der Waals surface area contributed by atoms with Crippen molar-refractivity contribution in [1.82, 2.24) is 0 Å². The molecule has 0 radical (unpaired) electrons. The van der Waals surface area contributed by atoms with Crippen LogP contribution in [0.4, 0.5) is 0 Å². The number of fused-ring (bicyclic) bond motifs is 1. The quantitative estimate of drug-likeness (QED) is 0.104. The van der Waals surface area contributed by atoms with Crippen LogP contribution in [0, 0.1) is 0 Å². The van der Waals surface area contributed by atoms with Gasteiger partial charge in [-0.05, 0) is 51.0 Å². The Morgan fingerprint density at radius 1 is 0.650 bits per heavy atom. The van der Waals surface area contributed by atoms with Crippen molar-refractivity contribution in [1.29, 1.82) is 0 Å². The molecular formula is C51H70O7Si2. The van der Waals surface area contributed by atoms with Gasteiger partial charge in [-0.2, -0.15) is 0 Å². The molecule has 3 atom stereocenters. The third-order valence-corrected chi connectivity index (χ3v) is 23.5. The summed E-state index contributed by atoms with van der Waals surface area (Å²) in [6.45, 7) is 29.6. The molecule has 0 saturated carbocycles. The van der Waals surface area contributed by atoms with Crippen molar-refractivity contribution in [3.8, 4) is 11.5 Å². The van der Waals surface area contributed by atoms with Crippen molar-refractivity contribution >= 4 is 22.6 Å². The number of benzene rings is 4. The van der Waals surface area contributed by atoms with E-state index in [1.165, 1.54) is 0 Å². The molecule has 1 fully saturated rings. The topological polar surface area (TPSA) is 64.6 Å². The molecule has 1 saturated heterocycles. The van der Waals surface area contributed by atoms with Gasteiger partial charge >= 0.3 is 8.56 Å². The van der Waals surface area contributed by atoms with Crippen LogP contribution in [0.2, 0.25) is 26.7 Å². The van der Waals surface area contributed by atoms with Gasteiger partial charge in [0.15, 0.2) is 0 Å². The molecule has 4 aromatic carbocycles. The zero-order valence-corrected chi connectivity index (χ0v) is 40.2. The van der Waals surface area contributed by atoms with Crippen LogP contribution >= 0.6 is 0 Å². The van der Waals surface area contributed by atoms with Crippen LogP contribution in [0.3, 0.4) is 0 Å². The van der Waals surface area contributed by atoms with Gasteiger partial charge in [0.2, 0.25) is 8.32 Å². The zero-order chi connectivity index (χ0) is 43.3. The molecule has 2 aliphatic rings. The second-order valence-electron chi connectivity index (χ2n) is 19.6. The van der Waals surface area contributed by atoms with Gasteiger partial charge in [0.1, 0.15) is 42.7 Å². The van der Waals surface area contributed by atoms with E-state index in [1.807, 2.05) is 60.7 Å². The molecule has 6 rings (SSSR count). The molecule has 7 nitrogen and oxygen atoms in total. The highest BCUT2D eigenvalue weighted by Gasteiger charge is 2.64. The molecule has 60 heavy (non-hydrogen) atoms. The molecule has 0 aliphatic carbocycles. The summed E-state index contributed by atoms with van der Waals surface area (Å²) in [7, 11) is -5.33. The summed E-state index contributed by atoms with van der Waals surface area (Å²) in [6, 6.07) is 34.8. The number of ether oxygens (including phenoxy) is 4. The molecule has 324 valence electrons. The van der Waals surface area contributed by atoms with Crippen molar-refractivity contribution in [3.05, 3.63) is 137 Å². The normalized spacial score (nSPS) is 19.5. The van der Waals surface area contributed by atoms with Gasteiger partial charge in [-0.25, -0.2) is 0 Å². The smallest absolute Gasteiger partial charge is 0.349 e. The van der Waals surface area contributed by atoms with Crippen LogP contribution in [0.25, 0.3) is 5.76 Å². The molecule has 4 aromatic rings. The second kappa shape index (κ2) is 19.1. The minimum Gasteiger partial charge on any atom is -0.489 e. The van der Waals surface area contributed by atoms with Crippen molar-refractivity contribution in [3.63, 3.8) is 0 Å². The van der Waals surface area contributed by atoms with E-state index in [-0.39, 0.29) is 22.3 Å². The molecule has 2 aliphatic heterocycles. The Bertz CT molecular complexity index is 1970. The molecule has 0 N–H and O–H groups in total. The van der Waals surface area contributed by atoms with Crippen molar-refractivity contribution in [2.45, 2.75) is 155 Å². The Labute approximate surface area is 363 Å². The van der Waals surface area contributed by atoms with Crippen LogP contribution < -0.4 is 9.47 Å². The van der Waals surface area contributed by atoms with Crippen molar-refractivity contribution < 1.29 is 32.2 Å². The summed E-state index contributed by atoms with van der Waals surface area (Å²) in [4.78, 5) is 0. The lowest BCUT2D eigenvalue weighted by atomic mass is 9.98. The first-order valence-electron chi connectivity index (χ1n) is 22.0. The highest BCUT2D eigenvalue weighted by atomic mass is 28.4. The summed E-state index contributed by atoms with van der Waals surface area (Å²) >= 11 is 0. The van der Waals surface area contributed by atoms with Crippen LogP contribution in [-0.4, -0.2) is 41.8 Å². The second-order valence-corrected chi connectivity index (χ2v) is 29.7. The fraction of sp³-hybridized carbons (Fsp3) is 0.490. The van der Waals surface area contributed by atoms with Crippen molar-refractivity contribution in [2.75, 3.05) is 6.61 Å². The minimum absolute atomic E-state index is 0.204. The van der Waals surface area contributed by atoms with Crippen LogP contribution in [0.15, 0.2) is 109 Å². The van der Waals surface area contributed by atoms with Crippen molar-refractivity contribution in [2.24, 2.45) is 0 Å². The van der Waals surface area contributed by atoms with E-state index in [0.717, 1.165) is 27.8 Å². The summed E-state index contributed by atoms with van der Waals surface area (Å²) in [5.41, 5.74) is 6.07. The van der Waals surface area contributed by atoms with Crippen LogP contribution in [0.5, 0.6) is 11.5 Å². The summed E-state index contributed by atoms with van der Waals surface area (Å²) in [5.74, 6) is 2.02. The van der Waals surface area contributed by atoms with Gasteiger partial charge in [-0.1, -0.05) is 174 Å². The van der Waals surface area contributed by atoms with E-state index in [2.05, 4.69) is 132 Å². The van der Waals surface area contributed by atoms with Gasteiger partial charge < -0.3 is 32.2 Å². The van der Waals surface area contributed by atoms with E-state index in [4.69, 9.17) is 32.2 Å². The molecular weight excluding hydrogens is 781 g/mol. The van der Waals surface area contributed by atoms with Crippen LogP contribution in [0.1, 0.15) is 111 Å². The number of rotatable bonds is 16. The van der Waals surface area contributed by atoms with Gasteiger partial charge in [0, 0.05) is 16.1 Å². The molecule has 9 heteroatoms. The molecule has 0 bridgehead atoms. The Balaban J connectivity index is 1.51. The fourth-order valence-electron chi connectivity index (χ4n) is 9.79. The third-order valence-electron chi connectivity index (χ3n) is 12.3. The summed E-state index contributed by atoms with van der Waals surface area (Å²) in [5, 5.41) is -0.407. The monoisotopic (exact) mass is 850 g/mol. The van der Waals surface area contributed by atoms with E-state index >= 15 is 0 Å². The standard InChI is InChI=1S/C51H70O7Si2/c1-36(2)59(37(3)4,38(5)6)57-46-30-45(56-47-35-55-60(50(7,8)9,51(10,11)12)58-49(46)47)48-42(34-52-31-39-22-16-13-17-23-39)28-43(53-32-40-24-18-14-19-25-40)29-44(48)54-33-41-26-20-15-21-27-41/h13-30,36-38,46-47,49H,31-35H2,1-12H3/t46-,47-,49+/m1/s1. The molecule has 0 aromatic heterocycles. The van der Waals surface area contributed by atoms with Gasteiger partial charge in [0.05, 0.1) is 31.5 Å². The number of hydrogen-bond acceptors (Lipinski definition) is 7. The largest absolute Gasteiger partial charge is 0.489 e. The highest BCUT2D eigenvalue weighted by molar-refractivity contribution is 6.77. The lowest BCUT2D eigenvalue weighted by molar-refractivity contribution is -0.113. The maximum absolute atomic E-state index is 7.79. The first kappa shape index (κ1) is 45.8. The van der Waals surface area contributed by atoms with Gasteiger partial charge in [0.25, 0.3) is 0 Å². The fourth-order valence-corrected chi connectivity index (χ4v) is 20.2. The Hall–Kier alpha value is -3.71. The van der Waals surface area contributed by atoms with E-state index in [0.29, 0.717) is 66.9 Å².